The summed E-state index contributed by atoms with van der Waals surface area (Å²) in [6.07, 6.45) is 4.74. The number of ether oxygens (including phenoxy) is 3. The highest BCUT2D eigenvalue weighted by molar-refractivity contribution is 7.61. The fourth-order valence-corrected chi connectivity index (χ4v) is 7.33. The van der Waals surface area contributed by atoms with Crippen molar-refractivity contribution in [3.63, 3.8) is 0 Å². The number of hydrogen-bond donors (Lipinski definition) is 1. The van der Waals surface area contributed by atoms with Gasteiger partial charge < -0.3 is 23.6 Å². The van der Waals surface area contributed by atoms with Gasteiger partial charge in [-0.25, -0.2) is 4.98 Å². The second kappa shape index (κ2) is 14.5. The van der Waals surface area contributed by atoms with E-state index in [1.807, 2.05) is 79.7 Å². The van der Waals surface area contributed by atoms with E-state index in [4.69, 9.17) is 23.7 Å². The van der Waals surface area contributed by atoms with E-state index in [0.29, 0.717) is 30.7 Å². The first-order valence-corrected chi connectivity index (χ1v) is 17.3. The van der Waals surface area contributed by atoms with Gasteiger partial charge in [0, 0.05) is 19.1 Å². The molecule has 234 valence electrons. The molecule has 0 bridgehead atoms. The first kappa shape index (κ1) is 32.5. The maximum absolute atomic E-state index is 13.9. The number of benzene rings is 3. The summed E-state index contributed by atoms with van der Waals surface area (Å²) < 4.78 is 37.6. The molecule has 0 saturated carbocycles. The van der Waals surface area contributed by atoms with Gasteiger partial charge in [0.1, 0.15) is 5.60 Å². The van der Waals surface area contributed by atoms with Crippen LogP contribution < -0.4 is 5.30 Å². The molecule has 1 aliphatic heterocycles. The molecule has 0 radical (unpaired) electrons. The second-order valence-corrected chi connectivity index (χ2v) is 13.3. The lowest BCUT2D eigenvalue weighted by Crippen LogP contribution is -2.31. The Hall–Kier alpha value is -2.90. The summed E-state index contributed by atoms with van der Waals surface area (Å²) >= 11 is 0. The van der Waals surface area contributed by atoms with Crippen molar-refractivity contribution in [2.75, 3.05) is 13.7 Å². The van der Waals surface area contributed by atoms with Gasteiger partial charge in [0.2, 0.25) is 0 Å². The van der Waals surface area contributed by atoms with Crippen molar-refractivity contribution in [1.29, 1.82) is 0 Å². The quantitative estimate of drug-likeness (QED) is 0.151. The lowest BCUT2D eigenvalue weighted by molar-refractivity contribution is -0.168. The van der Waals surface area contributed by atoms with Gasteiger partial charge in [0.05, 0.1) is 29.2 Å². The molecule has 1 fully saturated rings. The van der Waals surface area contributed by atoms with E-state index in [2.05, 4.69) is 6.92 Å². The Labute approximate surface area is 261 Å². The summed E-state index contributed by atoms with van der Waals surface area (Å²) in [5, 5.41) is 0.934. The summed E-state index contributed by atoms with van der Waals surface area (Å²) in [6, 6.07) is 25.8. The molecule has 3 aromatic carbocycles. The number of rotatable bonds is 13. The number of fused-ring (bicyclic) bond motifs is 1. The van der Waals surface area contributed by atoms with Crippen LogP contribution in [0.2, 0.25) is 0 Å². The van der Waals surface area contributed by atoms with Gasteiger partial charge in [-0.1, -0.05) is 80.9 Å². The molecule has 4 aromatic rings. The monoisotopic (exact) mass is 617 g/mol. The molecule has 2 heterocycles. The van der Waals surface area contributed by atoms with E-state index in [0.717, 1.165) is 59.9 Å². The molecule has 8 heteroatoms. The van der Waals surface area contributed by atoms with Crippen LogP contribution in [0, 0.1) is 0 Å². The number of nitrogens with zero attached hydrogens (tertiary/aromatic N) is 1. The van der Waals surface area contributed by atoms with Gasteiger partial charge in [-0.2, -0.15) is 0 Å². The second-order valence-electron chi connectivity index (χ2n) is 11.6. The van der Waals surface area contributed by atoms with Gasteiger partial charge in [-0.05, 0) is 79.5 Å². The molecule has 0 amide bonds. The summed E-state index contributed by atoms with van der Waals surface area (Å²) in [5.41, 5.74) is 4.06. The molecule has 4 unspecified atom stereocenters. The number of methoxy groups -OCH3 is 1. The molecule has 4 atom stereocenters. The Morgan fingerprint density at radius 3 is 2.45 bits per heavy atom. The largest absolute Gasteiger partial charge is 0.367 e. The molecular formula is C36H44NO6P. The average Bonchev–Trinajstić information content (AvgIpc) is 3.06. The fourth-order valence-electron chi connectivity index (χ4n) is 5.83. The predicted molar refractivity (Wildman–Crippen MR) is 175 cm³/mol. The standard InChI is InChI=1S/C36H44NO6P/c1-5-21-36(40-4,31-12-8-7-9-13-31)33-20-19-29-23-30(24-32(35(29)37-33)44(38,39)43-26(3)6-2)28-17-15-27(16-18-28)25-42-34-14-10-11-22-41-34/h7-9,12-13,15-20,23-24,26,34H,5-6,10-11,14,21-22,25H2,1-4H3,(H,38,39). The van der Waals surface area contributed by atoms with E-state index in [1.165, 1.54) is 0 Å². The number of hydrogen-bond acceptors (Lipinski definition) is 6. The highest BCUT2D eigenvalue weighted by atomic mass is 31.2. The van der Waals surface area contributed by atoms with E-state index in [1.54, 1.807) is 20.1 Å². The first-order chi connectivity index (χ1) is 21.3. The van der Waals surface area contributed by atoms with E-state index >= 15 is 0 Å². The van der Waals surface area contributed by atoms with Crippen molar-refractivity contribution in [2.45, 2.75) is 83.9 Å². The van der Waals surface area contributed by atoms with Crippen molar-refractivity contribution in [1.82, 2.24) is 4.98 Å². The Bertz CT molecular complexity index is 1570. The van der Waals surface area contributed by atoms with Gasteiger partial charge in [0.15, 0.2) is 6.29 Å². The first-order valence-electron chi connectivity index (χ1n) is 15.7. The molecule has 1 N–H and O–H groups in total. The summed E-state index contributed by atoms with van der Waals surface area (Å²) in [6.45, 7) is 7.06. The summed E-state index contributed by atoms with van der Waals surface area (Å²) in [4.78, 5) is 16.5. The number of aromatic nitrogens is 1. The molecule has 0 spiro atoms. The maximum Gasteiger partial charge on any atom is 0.361 e. The van der Waals surface area contributed by atoms with Crippen LogP contribution in [0.15, 0.2) is 78.9 Å². The average molecular weight is 618 g/mol. The summed E-state index contributed by atoms with van der Waals surface area (Å²) in [7, 11) is -2.56. The van der Waals surface area contributed by atoms with Crippen molar-refractivity contribution in [3.05, 3.63) is 95.7 Å². The molecule has 0 aliphatic carbocycles. The van der Waals surface area contributed by atoms with Crippen molar-refractivity contribution in [2.24, 2.45) is 0 Å². The zero-order valence-electron chi connectivity index (χ0n) is 26.2. The van der Waals surface area contributed by atoms with Crippen LogP contribution in [0.1, 0.15) is 76.1 Å². The normalized spacial score (nSPS) is 18.9. The van der Waals surface area contributed by atoms with E-state index < -0.39 is 19.3 Å². The van der Waals surface area contributed by atoms with E-state index in [9.17, 15) is 9.46 Å². The van der Waals surface area contributed by atoms with E-state index in [-0.39, 0.29) is 11.6 Å². The Morgan fingerprint density at radius 1 is 1.02 bits per heavy atom. The minimum atomic E-state index is -4.25. The summed E-state index contributed by atoms with van der Waals surface area (Å²) in [5.74, 6) is 0. The molecule has 1 aliphatic rings. The van der Waals surface area contributed by atoms with Crippen LogP contribution >= 0.6 is 7.60 Å². The van der Waals surface area contributed by atoms with Gasteiger partial charge in [-0.15, -0.1) is 0 Å². The van der Waals surface area contributed by atoms with Crippen molar-refractivity contribution >= 4 is 23.8 Å². The topological polar surface area (TPSA) is 87.1 Å². The number of pyridine rings is 1. The third-order valence-corrected chi connectivity index (χ3v) is 10.0. The minimum Gasteiger partial charge on any atom is -0.367 e. The lowest BCUT2D eigenvalue weighted by atomic mass is 9.85. The van der Waals surface area contributed by atoms with Crippen molar-refractivity contribution < 1.29 is 28.2 Å². The van der Waals surface area contributed by atoms with Gasteiger partial charge in [0.25, 0.3) is 0 Å². The Kier molecular flexibility index (Phi) is 10.7. The molecule has 1 saturated heterocycles. The molecule has 7 nitrogen and oxygen atoms in total. The van der Waals surface area contributed by atoms with Crippen LogP contribution in [0.4, 0.5) is 0 Å². The smallest absolute Gasteiger partial charge is 0.361 e. The zero-order chi connectivity index (χ0) is 31.2. The zero-order valence-corrected chi connectivity index (χ0v) is 27.1. The van der Waals surface area contributed by atoms with Crippen LogP contribution in [0.5, 0.6) is 0 Å². The third kappa shape index (κ3) is 7.15. The highest BCUT2D eigenvalue weighted by Gasteiger charge is 2.36. The SMILES string of the molecule is CCCC(OC)(c1ccccc1)c1ccc2cc(-c3ccc(COC4CCCCO4)cc3)cc(P(=O)(O)OC(C)CC)c2n1. The third-order valence-electron chi connectivity index (χ3n) is 8.44. The fraction of sp³-hybridized carbons (Fsp3) is 0.417. The minimum absolute atomic E-state index is 0.149. The molecule has 5 rings (SSSR count). The lowest BCUT2D eigenvalue weighted by Gasteiger charge is -2.33. The molecule has 44 heavy (non-hydrogen) atoms. The van der Waals surface area contributed by atoms with Crippen LogP contribution in [0.3, 0.4) is 0 Å². The van der Waals surface area contributed by atoms with Crippen LogP contribution in [-0.2, 0) is 35.5 Å². The predicted octanol–water partition coefficient (Wildman–Crippen LogP) is 8.26. The highest BCUT2D eigenvalue weighted by Crippen LogP contribution is 2.46. The molecule has 1 aromatic heterocycles. The van der Waals surface area contributed by atoms with Gasteiger partial charge in [-0.3, -0.25) is 4.57 Å². The maximum atomic E-state index is 13.9. The van der Waals surface area contributed by atoms with Crippen LogP contribution in [0.25, 0.3) is 22.0 Å². The van der Waals surface area contributed by atoms with Crippen molar-refractivity contribution in [3.8, 4) is 11.1 Å². The van der Waals surface area contributed by atoms with Crippen LogP contribution in [-0.4, -0.2) is 36.0 Å². The van der Waals surface area contributed by atoms with Gasteiger partial charge >= 0.3 is 7.60 Å². The Morgan fingerprint density at radius 2 is 1.80 bits per heavy atom. The molecular weight excluding hydrogens is 573 g/mol. The Balaban J connectivity index is 1.57.